The van der Waals surface area contributed by atoms with E-state index >= 15 is 0 Å². The van der Waals surface area contributed by atoms with Crippen LogP contribution in [0.1, 0.15) is 26.7 Å². The van der Waals surface area contributed by atoms with Gasteiger partial charge in [0.2, 0.25) is 0 Å². The van der Waals surface area contributed by atoms with Crippen LogP contribution in [0.25, 0.3) is 0 Å². The van der Waals surface area contributed by atoms with Gasteiger partial charge >= 0.3 is 0 Å². The fraction of sp³-hybridized carbons (Fsp3) is 1.00. The highest BCUT2D eigenvalue weighted by molar-refractivity contribution is 4.81. The molecule has 2 heterocycles. The quantitative estimate of drug-likeness (QED) is 0.646. The van der Waals surface area contributed by atoms with Crippen molar-refractivity contribution < 1.29 is 4.74 Å². The molecular formula is C11H21NO. The van der Waals surface area contributed by atoms with Gasteiger partial charge < -0.3 is 9.64 Å². The van der Waals surface area contributed by atoms with Crippen molar-refractivity contribution in [2.24, 2.45) is 11.8 Å². The van der Waals surface area contributed by atoms with Crippen LogP contribution in [-0.2, 0) is 4.74 Å². The van der Waals surface area contributed by atoms with E-state index in [0.29, 0.717) is 0 Å². The lowest BCUT2D eigenvalue weighted by molar-refractivity contribution is -0.0735. The van der Waals surface area contributed by atoms with Crippen molar-refractivity contribution in [2.75, 3.05) is 26.3 Å². The molecule has 2 nitrogen and oxygen atoms in total. The number of hydrogen-bond acceptors (Lipinski definition) is 2. The Hall–Kier alpha value is -0.0800. The van der Waals surface area contributed by atoms with Gasteiger partial charge in [-0.2, -0.15) is 0 Å². The first-order valence-corrected chi connectivity index (χ1v) is 5.59. The summed E-state index contributed by atoms with van der Waals surface area (Å²) in [4.78, 5) is 2.59. The van der Waals surface area contributed by atoms with Crippen LogP contribution in [0.3, 0.4) is 0 Å². The molecule has 2 aliphatic rings. The van der Waals surface area contributed by atoms with Crippen molar-refractivity contribution in [3.05, 3.63) is 0 Å². The minimum atomic E-state index is 0.735. The Morgan fingerprint density at radius 2 is 1.69 bits per heavy atom. The van der Waals surface area contributed by atoms with Gasteiger partial charge in [0.15, 0.2) is 0 Å². The molecule has 0 amide bonds. The van der Waals surface area contributed by atoms with Gasteiger partial charge in [0.25, 0.3) is 0 Å². The summed E-state index contributed by atoms with van der Waals surface area (Å²) in [5.41, 5.74) is 0. The minimum Gasteiger partial charge on any atom is -0.381 e. The zero-order chi connectivity index (χ0) is 9.26. The fourth-order valence-electron chi connectivity index (χ4n) is 2.43. The third-order valence-corrected chi connectivity index (χ3v) is 3.64. The summed E-state index contributed by atoms with van der Waals surface area (Å²) in [7, 11) is 0. The van der Waals surface area contributed by atoms with Crippen molar-refractivity contribution in [1.82, 2.24) is 4.90 Å². The maximum Gasteiger partial charge on any atom is 0.0519 e. The van der Waals surface area contributed by atoms with Gasteiger partial charge in [-0.3, -0.25) is 0 Å². The van der Waals surface area contributed by atoms with Gasteiger partial charge in [-0.25, -0.2) is 0 Å². The van der Waals surface area contributed by atoms with E-state index in [-0.39, 0.29) is 0 Å². The van der Waals surface area contributed by atoms with Gasteiger partial charge in [0, 0.05) is 12.0 Å². The first kappa shape index (κ1) is 9.47. The lowest BCUT2D eigenvalue weighted by Gasteiger charge is -2.40. The summed E-state index contributed by atoms with van der Waals surface area (Å²) in [5, 5.41) is 0. The normalized spacial score (nSPS) is 27.9. The van der Waals surface area contributed by atoms with Gasteiger partial charge in [-0.15, -0.1) is 0 Å². The van der Waals surface area contributed by atoms with E-state index in [1.54, 1.807) is 0 Å². The smallest absolute Gasteiger partial charge is 0.0519 e. The average molecular weight is 183 g/mol. The third kappa shape index (κ3) is 2.05. The molecule has 0 bridgehead atoms. The molecule has 2 heteroatoms. The van der Waals surface area contributed by atoms with Crippen molar-refractivity contribution >= 4 is 0 Å². The van der Waals surface area contributed by atoms with Crippen molar-refractivity contribution in [3.8, 4) is 0 Å². The fourth-order valence-corrected chi connectivity index (χ4v) is 2.43. The Balaban J connectivity index is 1.75. The number of ether oxygens (including phenoxy) is 1. The number of rotatable bonds is 2. The molecule has 2 saturated heterocycles. The van der Waals surface area contributed by atoms with E-state index in [0.717, 1.165) is 31.1 Å². The van der Waals surface area contributed by atoms with Gasteiger partial charge in [0.1, 0.15) is 0 Å². The average Bonchev–Trinajstić information content (AvgIpc) is 2.02. The second-order valence-corrected chi connectivity index (χ2v) is 4.76. The van der Waals surface area contributed by atoms with Crippen LogP contribution in [0.15, 0.2) is 0 Å². The molecule has 76 valence electrons. The molecule has 13 heavy (non-hydrogen) atoms. The second-order valence-electron chi connectivity index (χ2n) is 4.76. The van der Waals surface area contributed by atoms with Crippen molar-refractivity contribution in [2.45, 2.75) is 32.7 Å². The third-order valence-electron chi connectivity index (χ3n) is 3.64. The van der Waals surface area contributed by atoms with Crippen molar-refractivity contribution in [1.29, 1.82) is 0 Å². The summed E-state index contributed by atoms with van der Waals surface area (Å²) in [6, 6.07) is 0.735. The monoisotopic (exact) mass is 183 g/mol. The van der Waals surface area contributed by atoms with Crippen LogP contribution >= 0.6 is 0 Å². The zero-order valence-electron chi connectivity index (χ0n) is 8.83. The molecule has 0 aromatic heterocycles. The lowest BCUT2D eigenvalue weighted by Crippen LogP contribution is -2.44. The van der Waals surface area contributed by atoms with Crippen LogP contribution in [0.2, 0.25) is 0 Å². The maximum atomic E-state index is 5.25. The number of hydrogen-bond donors (Lipinski definition) is 0. The van der Waals surface area contributed by atoms with E-state index in [2.05, 4.69) is 18.7 Å². The Morgan fingerprint density at radius 1 is 1.08 bits per heavy atom. The molecule has 0 radical (unpaired) electrons. The molecule has 2 fully saturated rings. The minimum absolute atomic E-state index is 0.735. The molecule has 2 rings (SSSR count). The summed E-state index contributed by atoms with van der Waals surface area (Å²) in [6.45, 7) is 9.27. The molecular weight excluding hydrogens is 162 g/mol. The Bertz CT molecular complexity index is 157. The van der Waals surface area contributed by atoms with Gasteiger partial charge in [0.05, 0.1) is 13.2 Å². The highest BCUT2D eigenvalue weighted by atomic mass is 16.5. The molecule has 0 spiro atoms. The molecule has 0 saturated carbocycles. The number of nitrogens with zero attached hydrogens (tertiary/aromatic N) is 1. The van der Waals surface area contributed by atoms with Gasteiger partial charge in [-0.1, -0.05) is 0 Å². The zero-order valence-corrected chi connectivity index (χ0v) is 8.83. The molecule has 2 aliphatic heterocycles. The SMILES string of the molecule is CC(C)N1CCC(C2COC2)CC1. The molecule has 0 atom stereocenters. The first-order valence-electron chi connectivity index (χ1n) is 5.59. The Labute approximate surface area is 81.3 Å². The predicted octanol–water partition coefficient (Wildman–Crippen LogP) is 1.75. The van der Waals surface area contributed by atoms with Crippen LogP contribution in [-0.4, -0.2) is 37.2 Å². The molecule has 0 aromatic rings. The molecule has 0 N–H and O–H groups in total. The summed E-state index contributed by atoms with van der Waals surface area (Å²) < 4.78 is 5.25. The van der Waals surface area contributed by atoms with Crippen molar-refractivity contribution in [3.63, 3.8) is 0 Å². The standard InChI is InChI=1S/C11H21NO/c1-9(2)12-5-3-10(4-6-12)11-7-13-8-11/h9-11H,3-8H2,1-2H3. The maximum absolute atomic E-state index is 5.25. The topological polar surface area (TPSA) is 12.5 Å². The van der Waals surface area contributed by atoms with E-state index < -0.39 is 0 Å². The summed E-state index contributed by atoms with van der Waals surface area (Å²) >= 11 is 0. The van der Waals surface area contributed by atoms with E-state index in [1.165, 1.54) is 25.9 Å². The van der Waals surface area contributed by atoms with Crippen LogP contribution < -0.4 is 0 Å². The summed E-state index contributed by atoms with van der Waals surface area (Å²) in [5.74, 6) is 1.86. The largest absolute Gasteiger partial charge is 0.381 e. The second kappa shape index (κ2) is 3.97. The van der Waals surface area contributed by atoms with E-state index in [9.17, 15) is 0 Å². The van der Waals surface area contributed by atoms with Crippen LogP contribution in [0.4, 0.5) is 0 Å². The predicted molar refractivity (Wildman–Crippen MR) is 53.7 cm³/mol. The molecule has 0 unspecified atom stereocenters. The molecule has 0 aromatic carbocycles. The van der Waals surface area contributed by atoms with E-state index in [4.69, 9.17) is 4.74 Å². The Kier molecular flexibility index (Phi) is 2.89. The highest BCUT2D eigenvalue weighted by Crippen LogP contribution is 2.30. The van der Waals surface area contributed by atoms with E-state index in [1.807, 2.05) is 0 Å². The first-order chi connectivity index (χ1) is 6.27. The van der Waals surface area contributed by atoms with Crippen LogP contribution in [0, 0.1) is 11.8 Å². The van der Waals surface area contributed by atoms with Crippen LogP contribution in [0.5, 0.6) is 0 Å². The number of piperidine rings is 1. The lowest BCUT2D eigenvalue weighted by atomic mass is 9.83. The Morgan fingerprint density at radius 3 is 2.08 bits per heavy atom. The number of likely N-dealkylation sites (tertiary alicyclic amines) is 1. The van der Waals surface area contributed by atoms with Gasteiger partial charge in [-0.05, 0) is 45.7 Å². The highest BCUT2D eigenvalue weighted by Gasteiger charge is 2.31. The summed E-state index contributed by atoms with van der Waals surface area (Å²) in [6.07, 6.45) is 2.79. The molecule has 0 aliphatic carbocycles.